The van der Waals surface area contributed by atoms with E-state index in [1.165, 1.54) is 0 Å². The molecule has 0 saturated carbocycles. The molecule has 1 aromatic rings. The maximum Gasteiger partial charge on any atom is 0.245 e. The van der Waals surface area contributed by atoms with Gasteiger partial charge in [0.2, 0.25) is 18.3 Å². The molecule has 7 nitrogen and oxygen atoms in total. The molecule has 2 heterocycles. The summed E-state index contributed by atoms with van der Waals surface area (Å²) in [5.41, 5.74) is 1.10. The van der Waals surface area contributed by atoms with E-state index in [0.717, 1.165) is 24.9 Å². The third kappa shape index (κ3) is 4.90. The van der Waals surface area contributed by atoms with Crippen molar-refractivity contribution in [1.82, 2.24) is 20.2 Å². The number of nitrogens with zero attached hydrogens (tertiary/aromatic N) is 3. The molecule has 1 saturated heterocycles. The summed E-state index contributed by atoms with van der Waals surface area (Å²) in [5, 5.41) is 5.88. The molecule has 1 aliphatic heterocycles. The molecule has 0 spiro atoms. The van der Waals surface area contributed by atoms with Crippen LogP contribution in [-0.4, -0.2) is 52.4 Å². The lowest BCUT2D eigenvalue weighted by Gasteiger charge is -2.30. The standard InChI is InChI=1S/C18H29N5O2/c1-12(2)14-8-19-18(20-9-14)21-10-15-6-5-7-23(15)17(25)16(13(3)4)22-11-24/h8-9,11-13,15-16H,5-7,10H2,1-4H3,(H,22,24)(H,19,20,21)/t15-,16-/m0/s1. The molecule has 2 N–H and O–H groups in total. The molecule has 0 unspecified atom stereocenters. The Labute approximate surface area is 149 Å². The van der Waals surface area contributed by atoms with Gasteiger partial charge in [0.15, 0.2) is 0 Å². The van der Waals surface area contributed by atoms with Crippen LogP contribution < -0.4 is 10.6 Å². The largest absolute Gasteiger partial charge is 0.352 e. The van der Waals surface area contributed by atoms with E-state index in [2.05, 4.69) is 34.4 Å². The first-order valence-corrected chi connectivity index (χ1v) is 9.00. The van der Waals surface area contributed by atoms with E-state index in [9.17, 15) is 9.59 Å². The maximum absolute atomic E-state index is 12.8. The molecular weight excluding hydrogens is 318 g/mol. The van der Waals surface area contributed by atoms with Gasteiger partial charge in [-0.3, -0.25) is 9.59 Å². The van der Waals surface area contributed by atoms with E-state index < -0.39 is 6.04 Å². The Bertz CT molecular complexity index is 573. The minimum absolute atomic E-state index is 0.0116. The first-order valence-electron chi connectivity index (χ1n) is 9.00. The minimum Gasteiger partial charge on any atom is -0.352 e. The van der Waals surface area contributed by atoms with Crippen LogP contribution in [0.25, 0.3) is 0 Å². The van der Waals surface area contributed by atoms with Crippen LogP contribution in [0.5, 0.6) is 0 Å². The number of nitrogens with one attached hydrogen (secondary N) is 2. The molecule has 0 bridgehead atoms. The van der Waals surface area contributed by atoms with Crippen LogP contribution in [0.1, 0.15) is 52.0 Å². The van der Waals surface area contributed by atoms with Crippen LogP contribution >= 0.6 is 0 Å². The first kappa shape index (κ1) is 19.1. The number of likely N-dealkylation sites (tertiary alicyclic amines) is 1. The van der Waals surface area contributed by atoms with Gasteiger partial charge in [0, 0.05) is 31.5 Å². The zero-order chi connectivity index (χ0) is 18.4. The highest BCUT2D eigenvalue weighted by molar-refractivity contribution is 5.84. The van der Waals surface area contributed by atoms with Crippen LogP contribution in [0.3, 0.4) is 0 Å². The zero-order valence-corrected chi connectivity index (χ0v) is 15.5. The molecule has 2 atom stereocenters. The van der Waals surface area contributed by atoms with Gasteiger partial charge in [-0.05, 0) is 30.2 Å². The van der Waals surface area contributed by atoms with E-state index in [-0.39, 0.29) is 17.9 Å². The fourth-order valence-electron chi connectivity index (χ4n) is 3.08. The molecule has 2 amide bonds. The Balaban J connectivity index is 1.96. The lowest BCUT2D eigenvalue weighted by atomic mass is 10.0. The highest BCUT2D eigenvalue weighted by Gasteiger charge is 2.34. The summed E-state index contributed by atoms with van der Waals surface area (Å²) in [4.78, 5) is 34.1. The number of amides is 2. The lowest BCUT2D eigenvalue weighted by molar-refractivity contribution is -0.136. The molecule has 25 heavy (non-hydrogen) atoms. The second kappa shape index (κ2) is 8.78. The quantitative estimate of drug-likeness (QED) is 0.700. The first-order chi connectivity index (χ1) is 11.9. The van der Waals surface area contributed by atoms with Gasteiger partial charge in [0.25, 0.3) is 0 Å². The van der Waals surface area contributed by atoms with Crippen LogP contribution in [0.2, 0.25) is 0 Å². The lowest BCUT2D eigenvalue weighted by Crippen LogP contribution is -2.51. The smallest absolute Gasteiger partial charge is 0.245 e. The Hall–Kier alpha value is -2.18. The van der Waals surface area contributed by atoms with E-state index in [1.54, 1.807) is 0 Å². The van der Waals surface area contributed by atoms with E-state index >= 15 is 0 Å². The van der Waals surface area contributed by atoms with Gasteiger partial charge in [0.05, 0.1) is 0 Å². The zero-order valence-electron chi connectivity index (χ0n) is 15.5. The predicted molar refractivity (Wildman–Crippen MR) is 97.2 cm³/mol. The summed E-state index contributed by atoms with van der Waals surface area (Å²) in [6, 6.07) is -0.379. The van der Waals surface area contributed by atoms with Gasteiger partial charge in [-0.1, -0.05) is 27.7 Å². The van der Waals surface area contributed by atoms with Gasteiger partial charge >= 0.3 is 0 Å². The number of hydrogen-bond donors (Lipinski definition) is 2. The van der Waals surface area contributed by atoms with Crippen molar-refractivity contribution in [2.45, 2.75) is 58.5 Å². The normalized spacial score (nSPS) is 18.5. The van der Waals surface area contributed by atoms with Gasteiger partial charge in [-0.15, -0.1) is 0 Å². The van der Waals surface area contributed by atoms with Crippen molar-refractivity contribution >= 4 is 18.3 Å². The number of carbonyl (C=O) groups excluding carboxylic acids is 2. The fourth-order valence-corrected chi connectivity index (χ4v) is 3.08. The summed E-state index contributed by atoms with van der Waals surface area (Å²) in [5.74, 6) is 1.02. The van der Waals surface area contributed by atoms with Crippen molar-refractivity contribution in [2.75, 3.05) is 18.4 Å². The number of anilines is 1. The summed E-state index contributed by atoms with van der Waals surface area (Å²) < 4.78 is 0. The Kier molecular flexibility index (Phi) is 6.73. The molecule has 1 fully saturated rings. The third-order valence-corrected chi connectivity index (χ3v) is 4.67. The topological polar surface area (TPSA) is 87.2 Å². The fraction of sp³-hybridized carbons (Fsp3) is 0.667. The molecule has 0 aliphatic carbocycles. The molecule has 0 radical (unpaired) electrons. The maximum atomic E-state index is 12.8. The third-order valence-electron chi connectivity index (χ3n) is 4.67. The second-order valence-corrected chi connectivity index (χ2v) is 7.21. The number of hydrogen-bond acceptors (Lipinski definition) is 5. The van der Waals surface area contributed by atoms with Gasteiger partial charge in [-0.25, -0.2) is 9.97 Å². The monoisotopic (exact) mass is 347 g/mol. The van der Waals surface area contributed by atoms with Crippen molar-refractivity contribution in [3.05, 3.63) is 18.0 Å². The average Bonchev–Trinajstić information content (AvgIpc) is 3.06. The van der Waals surface area contributed by atoms with Crippen molar-refractivity contribution < 1.29 is 9.59 Å². The van der Waals surface area contributed by atoms with Crippen molar-refractivity contribution in [3.8, 4) is 0 Å². The molecule has 138 valence electrons. The van der Waals surface area contributed by atoms with Crippen molar-refractivity contribution in [3.63, 3.8) is 0 Å². The summed E-state index contributed by atoms with van der Waals surface area (Å²) in [7, 11) is 0. The Morgan fingerprint density at radius 1 is 1.32 bits per heavy atom. The molecule has 1 aliphatic rings. The van der Waals surface area contributed by atoms with Crippen molar-refractivity contribution in [1.29, 1.82) is 0 Å². The van der Waals surface area contributed by atoms with E-state index in [0.29, 0.717) is 24.8 Å². The van der Waals surface area contributed by atoms with Gasteiger partial charge in [-0.2, -0.15) is 0 Å². The number of carbonyl (C=O) groups is 2. The van der Waals surface area contributed by atoms with Gasteiger partial charge in [0.1, 0.15) is 6.04 Å². The second-order valence-electron chi connectivity index (χ2n) is 7.21. The Morgan fingerprint density at radius 2 is 2.00 bits per heavy atom. The SMILES string of the molecule is CC(C)c1cnc(NC[C@@H]2CCCN2C(=O)[C@@H](NC=O)C(C)C)nc1. The average molecular weight is 347 g/mol. The van der Waals surface area contributed by atoms with Crippen LogP contribution in [0.15, 0.2) is 12.4 Å². The number of aromatic nitrogens is 2. The minimum atomic E-state index is -0.473. The van der Waals surface area contributed by atoms with Gasteiger partial charge < -0.3 is 15.5 Å². The van der Waals surface area contributed by atoms with Crippen LogP contribution in [0, 0.1) is 5.92 Å². The molecule has 0 aromatic carbocycles. The summed E-state index contributed by atoms with van der Waals surface area (Å²) in [6.45, 7) is 9.42. The molecule has 2 rings (SSSR count). The molecule has 1 aromatic heterocycles. The Morgan fingerprint density at radius 3 is 2.56 bits per heavy atom. The highest BCUT2D eigenvalue weighted by Crippen LogP contribution is 2.20. The van der Waals surface area contributed by atoms with Crippen LogP contribution in [-0.2, 0) is 9.59 Å². The van der Waals surface area contributed by atoms with E-state index in [1.807, 2.05) is 31.1 Å². The van der Waals surface area contributed by atoms with Crippen LogP contribution in [0.4, 0.5) is 5.95 Å². The predicted octanol–water partition coefficient (Wildman–Crippen LogP) is 1.77. The summed E-state index contributed by atoms with van der Waals surface area (Å²) in [6.07, 6.45) is 6.18. The van der Waals surface area contributed by atoms with E-state index in [4.69, 9.17) is 0 Å². The number of rotatable bonds is 8. The summed E-state index contributed by atoms with van der Waals surface area (Å²) >= 11 is 0. The van der Waals surface area contributed by atoms with Crippen molar-refractivity contribution in [2.24, 2.45) is 5.92 Å². The molecule has 7 heteroatoms. The molecular formula is C18H29N5O2. The highest BCUT2D eigenvalue weighted by atomic mass is 16.2.